The molecule has 0 unspecified atom stereocenters. The number of rotatable bonds is 2. The van der Waals surface area contributed by atoms with E-state index in [1.165, 1.54) is 12.1 Å². The first-order chi connectivity index (χ1) is 10.0. The number of aromatic nitrogens is 2. The van der Waals surface area contributed by atoms with Gasteiger partial charge in [0.15, 0.2) is 4.77 Å². The summed E-state index contributed by atoms with van der Waals surface area (Å²) in [5.41, 5.74) is 2.23. The van der Waals surface area contributed by atoms with Gasteiger partial charge in [-0.2, -0.15) is 0 Å². The normalized spacial score (nSPS) is 11.0. The van der Waals surface area contributed by atoms with Crippen LogP contribution in [-0.4, -0.2) is 16.7 Å². The Morgan fingerprint density at radius 1 is 1.33 bits per heavy atom. The number of nitrogens with one attached hydrogen (secondary N) is 1. The first kappa shape index (κ1) is 14.6. The van der Waals surface area contributed by atoms with E-state index in [2.05, 4.69) is 20.9 Å². The third kappa shape index (κ3) is 2.47. The number of imidazole rings is 1. The van der Waals surface area contributed by atoms with Crippen LogP contribution in [0.15, 0.2) is 34.8 Å². The molecule has 0 saturated carbocycles. The molecule has 0 bridgehead atoms. The van der Waals surface area contributed by atoms with Gasteiger partial charge in [-0.05, 0) is 52.4 Å². The van der Waals surface area contributed by atoms with E-state index in [0.717, 1.165) is 11.0 Å². The van der Waals surface area contributed by atoms with Gasteiger partial charge >= 0.3 is 0 Å². The molecule has 0 fully saturated rings. The maximum absolute atomic E-state index is 13.4. The highest BCUT2D eigenvalue weighted by Gasteiger charge is 2.15. The molecule has 3 aromatic rings. The lowest BCUT2D eigenvalue weighted by atomic mass is 10.2. The number of halogens is 3. The summed E-state index contributed by atoms with van der Waals surface area (Å²) in [6, 6.07) is 8.14. The lowest BCUT2D eigenvalue weighted by Crippen LogP contribution is -1.98. The van der Waals surface area contributed by atoms with E-state index in [-0.39, 0.29) is 5.02 Å². The van der Waals surface area contributed by atoms with Crippen LogP contribution in [0.4, 0.5) is 4.39 Å². The molecule has 3 rings (SSSR count). The number of aromatic amines is 1. The predicted molar refractivity (Wildman–Crippen MR) is 87.7 cm³/mol. The number of nitrogens with zero attached hydrogens (tertiary/aromatic N) is 1. The van der Waals surface area contributed by atoms with Crippen LogP contribution in [-0.2, 0) is 0 Å². The second kappa shape index (κ2) is 5.44. The predicted octanol–water partition coefficient (Wildman–Crippen LogP) is 5.25. The summed E-state index contributed by atoms with van der Waals surface area (Å²) in [5.74, 6) is 0.277. The minimum absolute atomic E-state index is 0.265. The number of fused-ring (bicyclic) bond motifs is 1. The van der Waals surface area contributed by atoms with Crippen LogP contribution in [0.5, 0.6) is 5.75 Å². The number of methoxy groups -OCH3 is 1. The van der Waals surface area contributed by atoms with Crippen molar-refractivity contribution in [2.45, 2.75) is 0 Å². The summed E-state index contributed by atoms with van der Waals surface area (Å²) in [6.07, 6.45) is 0. The Morgan fingerprint density at radius 2 is 2.10 bits per heavy atom. The van der Waals surface area contributed by atoms with Gasteiger partial charge < -0.3 is 9.72 Å². The summed E-state index contributed by atoms with van der Waals surface area (Å²) in [4.78, 5) is 3.09. The first-order valence-electron chi connectivity index (χ1n) is 5.95. The molecule has 108 valence electrons. The van der Waals surface area contributed by atoms with Crippen molar-refractivity contribution in [2.75, 3.05) is 7.11 Å². The van der Waals surface area contributed by atoms with Gasteiger partial charge in [0.05, 0.1) is 28.9 Å². The SMILES string of the molecule is COc1ccc2[nH]c(=S)n(-c3c(Cl)cc(F)cc3Br)c2c1. The van der Waals surface area contributed by atoms with Crippen molar-refractivity contribution >= 4 is 50.8 Å². The molecule has 0 aliphatic heterocycles. The molecule has 2 aromatic carbocycles. The topological polar surface area (TPSA) is 29.9 Å². The van der Waals surface area contributed by atoms with E-state index >= 15 is 0 Å². The fourth-order valence-electron chi connectivity index (χ4n) is 2.18. The molecule has 7 heteroatoms. The first-order valence-corrected chi connectivity index (χ1v) is 7.53. The highest BCUT2D eigenvalue weighted by molar-refractivity contribution is 9.10. The Labute approximate surface area is 138 Å². The maximum Gasteiger partial charge on any atom is 0.182 e. The molecule has 0 amide bonds. The summed E-state index contributed by atoms with van der Waals surface area (Å²) in [7, 11) is 1.59. The fourth-order valence-corrected chi connectivity index (χ4v) is 3.49. The van der Waals surface area contributed by atoms with E-state index in [0.29, 0.717) is 20.7 Å². The largest absolute Gasteiger partial charge is 0.497 e. The molecule has 1 heterocycles. The third-order valence-electron chi connectivity index (χ3n) is 3.10. The number of hydrogen-bond acceptors (Lipinski definition) is 2. The highest BCUT2D eigenvalue weighted by atomic mass is 79.9. The van der Waals surface area contributed by atoms with Crippen molar-refractivity contribution < 1.29 is 9.13 Å². The smallest absolute Gasteiger partial charge is 0.182 e. The zero-order valence-electron chi connectivity index (χ0n) is 10.8. The van der Waals surface area contributed by atoms with E-state index in [1.54, 1.807) is 11.7 Å². The second-order valence-corrected chi connectivity index (χ2v) is 6.01. The summed E-state index contributed by atoms with van der Waals surface area (Å²) >= 11 is 14.9. The molecule has 0 saturated heterocycles. The number of benzene rings is 2. The van der Waals surface area contributed by atoms with Gasteiger partial charge in [0.25, 0.3) is 0 Å². The van der Waals surface area contributed by atoms with Crippen molar-refractivity contribution in [3.63, 3.8) is 0 Å². The van der Waals surface area contributed by atoms with E-state index in [9.17, 15) is 4.39 Å². The number of H-pyrrole nitrogens is 1. The Morgan fingerprint density at radius 3 is 2.76 bits per heavy atom. The van der Waals surface area contributed by atoms with E-state index in [4.69, 9.17) is 28.6 Å². The zero-order valence-corrected chi connectivity index (χ0v) is 13.9. The van der Waals surface area contributed by atoms with E-state index in [1.807, 2.05) is 18.2 Å². The Balaban J connectivity index is 2.40. The van der Waals surface area contributed by atoms with Gasteiger partial charge in [-0.3, -0.25) is 4.57 Å². The van der Waals surface area contributed by atoms with Gasteiger partial charge in [0, 0.05) is 10.5 Å². The zero-order chi connectivity index (χ0) is 15.1. The summed E-state index contributed by atoms with van der Waals surface area (Å²) in [6.45, 7) is 0. The van der Waals surface area contributed by atoms with Gasteiger partial charge in [-0.25, -0.2) is 4.39 Å². The van der Waals surface area contributed by atoms with Crippen LogP contribution in [0.2, 0.25) is 5.02 Å². The summed E-state index contributed by atoms with van der Waals surface area (Å²) < 4.78 is 21.4. The standard InChI is InChI=1S/C14H9BrClFN2OS/c1-20-8-2-3-11-12(6-8)19(14(21)18-11)13-9(15)4-7(17)5-10(13)16/h2-6H,1H3,(H,18,21). The van der Waals surface area contributed by atoms with Crippen molar-refractivity contribution in [1.29, 1.82) is 0 Å². The molecule has 21 heavy (non-hydrogen) atoms. The van der Waals surface area contributed by atoms with Crippen LogP contribution in [0.25, 0.3) is 16.7 Å². The third-order valence-corrected chi connectivity index (χ3v) is 4.27. The molecule has 1 N–H and O–H groups in total. The Kier molecular flexibility index (Phi) is 3.77. The molecule has 0 aliphatic carbocycles. The monoisotopic (exact) mass is 386 g/mol. The second-order valence-electron chi connectivity index (χ2n) is 4.37. The van der Waals surface area contributed by atoms with Gasteiger partial charge in [-0.15, -0.1) is 0 Å². The molecule has 0 atom stereocenters. The minimum Gasteiger partial charge on any atom is -0.497 e. The van der Waals surface area contributed by atoms with Crippen LogP contribution in [0.3, 0.4) is 0 Å². The van der Waals surface area contributed by atoms with Crippen LogP contribution in [0, 0.1) is 10.6 Å². The minimum atomic E-state index is -0.417. The van der Waals surface area contributed by atoms with Gasteiger partial charge in [0.1, 0.15) is 11.6 Å². The average Bonchev–Trinajstić information content (AvgIpc) is 2.73. The van der Waals surface area contributed by atoms with Crippen molar-refractivity contribution in [2.24, 2.45) is 0 Å². The van der Waals surface area contributed by atoms with Crippen molar-refractivity contribution in [1.82, 2.24) is 9.55 Å². The van der Waals surface area contributed by atoms with Crippen molar-refractivity contribution in [3.05, 3.63) is 50.4 Å². The molecule has 3 nitrogen and oxygen atoms in total. The van der Waals surface area contributed by atoms with Crippen LogP contribution >= 0.6 is 39.7 Å². The molecule has 0 aliphatic rings. The van der Waals surface area contributed by atoms with Crippen molar-refractivity contribution in [3.8, 4) is 11.4 Å². The Bertz CT molecular complexity index is 883. The average molecular weight is 388 g/mol. The number of hydrogen-bond donors (Lipinski definition) is 1. The molecular weight excluding hydrogens is 379 g/mol. The lowest BCUT2D eigenvalue weighted by molar-refractivity contribution is 0.415. The Hall–Kier alpha value is -1.37. The molecule has 0 spiro atoms. The fraction of sp³-hybridized carbons (Fsp3) is 0.0714. The van der Waals surface area contributed by atoms with Gasteiger partial charge in [-0.1, -0.05) is 11.6 Å². The van der Waals surface area contributed by atoms with Crippen LogP contribution < -0.4 is 4.74 Å². The highest BCUT2D eigenvalue weighted by Crippen LogP contribution is 2.33. The molecule has 1 aromatic heterocycles. The maximum atomic E-state index is 13.4. The van der Waals surface area contributed by atoms with E-state index < -0.39 is 5.82 Å². The quantitative estimate of drug-likeness (QED) is 0.609. The summed E-state index contributed by atoms with van der Waals surface area (Å²) in [5, 5.41) is 0.265. The molecule has 0 radical (unpaired) electrons. The lowest BCUT2D eigenvalue weighted by Gasteiger charge is -2.10. The molecular formula is C14H9BrClFN2OS. The van der Waals surface area contributed by atoms with Gasteiger partial charge in [0.2, 0.25) is 0 Å². The van der Waals surface area contributed by atoms with Crippen LogP contribution in [0.1, 0.15) is 0 Å². The number of ether oxygens (including phenoxy) is 1.